The largest absolute Gasteiger partial charge is 0.477 e. The fourth-order valence-corrected chi connectivity index (χ4v) is 5.40. The van der Waals surface area contributed by atoms with Crippen molar-refractivity contribution in [3.05, 3.63) is 39.5 Å². The van der Waals surface area contributed by atoms with E-state index in [0.717, 1.165) is 22.7 Å². The Hall–Kier alpha value is -3.71. The number of thiazole rings is 2. The minimum absolute atomic E-state index is 0.0414. The number of nitriles is 2. The first-order valence-corrected chi connectivity index (χ1v) is 10.0. The molecule has 12 heteroatoms. The number of carboxylic acid groups (broad SMARTS) is 2. The van der Waals surface area contributed by atoms with Gasteiger partial charge in [-0.2, -0.15) is 10.5 Å². The second kappa shape index (κ2) is 7.03. The van der Waals surface area contributed by atoms with Gasteiger partial charge in [0.2, 0.25) is 0 Å². The number of aromatic nitrogens is 3. The molecule has 0 bridgehead atoms. The lowest BCUT2D eigenvalue weighted by molar-refractivity contribution is 0.0691. The summed E-state index contributed by atoms with van der Waals surface area (Å²) in [5.41, 5.74) is 0.385. The summed E-state index contributed by atoms with van der Waals surface area (Å²) in [6.45, 7) is 0. The van der Waals surface area contributed by atoms with E-state index in [9.17, 15) is 20.1 Å². The smallest absolute Gasteiger partial charge is 0.347 e. The molecule has 0 radical (unpaired) electrons. The van der Waals surface area contributed by atoms with Crippen LogP contribution >= 0.6 is 34.0 Å². The molecule has 29 heavy (non-hydrogen) atoms. The van der Waals surface area contributed by atoms with E-state index in [2.05, 4.69) is 15.0 Å². The van der Waals surface area contributed by atoms with Crippen LogP contribution in [0.1, 0.15) is 30.6 Å². The molecule has 0 atom stereocenters. The molecule has 9 nitrogen and oxygen atoms in total. The number of carboxylic acids is 2. The average Bonchev–Trinajstić information content (AvgIpc) is 3.43. The third-order valence-corrected chi connectivity index (χ3v) is 7.21. The number of thiophene rings is 1. The molecular weight excluding hydrogens is 434 g/mol. The van der Waals surface area contributed by atoms with Crippen LogP contribution in [0, 0.1) is 22.7 Å². The number of hydrogen-bond acceptors (Lipinski definition) is 10. The minimum atomic E-state index is -1.11. The quantitative estimate of drug-likeness (QED) is 0.483. The molecule has 0 aliphatic rings. The van der Waals surface area contributed by atoms with Gasteiger partial charge in [-0.3, -0.25) is 0 Å². The summed E-state index contributed by atoms with van der Waals surface area (Å²) in [4.78, 5) is 36.2. The number of pyridine rings is 1. The molecule has 0 aliphatic carbocycles. The van der Waals surface area contributed by atoms with Crippen molar-refractivity contribution in [3.63, 3.8) is 0 Å². The molecule has 0 fully saturated rings. The van der Waals surface area contributed by atoms with Gasteiger partial charge < -0.3 is 10.2 Å². The van der Waals surface area contributed by atoms with E-state index >= 15 is 0 Å². The van der Waals surface area contributed by atoms with Gasteiger partial charge in [0, 0.05) is 5.39 Å². The van der Waals surface area contributed by atoms with Crippen molar-refractivity contribution >= 4 is 56.9 Å². The molecular formula is C17H5N5O4S3. The maximum atomic E-state index is 11.2. The van der Waals surface area contributed by atoms with Crippen LogP contribution in [0.2, 0.25) is 0 Å². The molecule has 2 N–H and O–H groups in total. The second-order valence-corrected chi connectivity index (χ2v) is 8.52. The van der Waals surface area contributed by atoms with Crippen molar-refractivity contribution in [2.75, 3.05) is 0 Å². The molecule has 4 aromatic heterocycles. The van der Waals surface area contributed by atoms with Gasteiger partial charge in [-0.15, -0.1) is 34.0 Å². The first-order chi connectivity index (χ1) is 13.9. The molecule has 4 aromatic rings. The zero-order valence-corrected chi connectivity index (χ0v) is 16.4. The van der Waals surface area contributed by atoms with Gasteiger partial charge in [0.05, 0.1) is 33.2 Å². The summed E-state index contributed by atoms with van der Waals surface area (Å²) in [6.07, 6.45) is 2.47. The highest BCUT2D eigenvalue weighted by atomic mass is 32.1. The summed E-state index contributed by atoms with van der Waals surface area (Å²) in [6, 6.07) is 5.31. The number of rotatable bonds is 4. The molecule has 0 saturated carbocycles. The van der Waals surface area contributed by atoms with Gasteiger partial charge in [0.15, 0.2) is 5.69 Å². The fraction of sp³-hybridized carbons (Fsp3) is 0. The predicted molar refractivity (Wildman–Crippen MR) is 105 cm³/mol. The fourth-order valence-electron chi connectivity index (χ4n) is 2.50. The Labute approximate surface area is 173 Å². The number of hydrogen-bond donors (Lipinski definition) is 2. The maximum absolute atomic E-state index is 11.2. The van der Waals surface area contributed by atoms with Crippen LogP contribution in [-0.4, -0.2) is 37.1 Å². The van der Waals surface area contributed by atoms with Gasteiger partial charge >= 0.3 is 11.9 Å². The van der Waals surface area contributed by atoms with Gasteiger partial charge in [0.1, 0.15) is 31.9 Å². The van der Waals surface area contributed by atoms with E-state index in [1.165, 1.54) is 29.8 Å². The molecule has 4 rings (SSSR count). The summed E-state index contributed by atoms with van der Waals surface area (Å²) < 4.78 is 0. The molecule has 140 valence electrons. The van der Waals surface area contributed by atoms with E-state index < -0.39 is 11.9 Å². The standard InChI is InChI=1S/C17H5N5O4S3/c18-2-6-1-7-11(22-8(6)3-19)13(15-21-5-10(28-15)17(25)26)29-12(7)14-20-4-9(27-14)16(23)24/h1,4-5H,(H,23,24)(H,25,26). The topological polar surface area (TPSA) is 161 Å². The van der Waals surface area contributed by atoms with Crippen LogP contribution < -0.4 is 0 Å². The van der Waals surface area contributed by atoms with Crippen molar-refractivity contribution in [1.29, 1.82) is 10.5 Å². The first kappa shape index (κ1) is 18.6. The Morgan fingerprint density at radius 2 is 1.48 bits per heavy atom. The van der Waals surface area contributed by atoms with Crippen molar-refractivity contribution in [3.8, 4) is 31.9 Å². The minimum Gasteiger partial charge on any atom is -0.477 e. The molecule has 0 aromatic carbocycles. The molecule has 0 unspecified atom stereocenters. The zero-order valence-electron chi connectivity index (χ0n) is 13.9. The molecule has 0 spiro atoms. The maximum Gasteiger partial charge on any atom is 0.347 e. The normalized spacial score (nSPS) is 10.6. The Balaban J connectivity index is 2.02. The highest BCUT2D eigenvalue weighted by molar-refractivity contribution is 7.28. The summed E-state index contributed by atoms with van der Waals surface area (Å²) >= 11 is 3.11. The van der Waals surface area contributed by atoms with Crippen molar-refractivity contribution in [1.82, 2.24) is 15.0 Å². The summed E-state index contributed by atoms with van der Waals surface area (Å²) in [5, 5.41) is 38.3. The zero-order chi connectivity index (χ0) is 20.7. The van der Waals surface area contributed by atoms with E-state index in [0.29, 0.717) is 30.7 Å². The SMILES string of the molecule is N#Cc1cc2c(-c3ncc(C(=O)O)s3)sc(-c3ncc(C(=O)O)s3)c2nc1C#N. The molecule has 4 heterocycles. The Kier molecular flexibility index (Phi) is 4.52. The summed E-state index contributed by atoms with van der Waals surface area (Å²) in [7, 11) is 0. The Morgan fingerprint density at radius 3 is 1.97 bits per heavy atom. The van der Waals surface area contributed by atoms with Crippen LogP contribution in [0.25, 0.3) is 30.7 Å². The van der Waals surface area contributed by atoms with Gasteiger partial charge in [0.25, 0.3) is 0 Å². The second-order valence-electron chi connectivity index (χ2n) is 5.43. The van der Waals surface area contributed by atoms with Crippen LogP contribution in [0.5, 0.6) is 0 Å². The highest BCUT2D eigenvalue weighted by Crippen LogP contribution is 2.45. The molecule has 0 aliphatic heterocycles. The van der Waals surface area contributed by atoms with Crippen LogP contribution in [0.3, 0.4) is 0 Å². The van der Waals surface area contributed by atoms with Crippen LogP contribution in [0.4, 0.5) is 0 Å². The van der Waals surface area contributed by atoms with Gasteiger partial charge in [-0.1, -0.05) is 0 Å². The number of nitrogens with zero attached hydrogens (tertiary/aromatic N) is 5. The van der Waals surface area contributed by atoms with Gasteiger partial charge in [-0.05, 0) is 6.07 Å². The third-order valence-electron chi connectivity index (χ3n) is 3.73. The van der Waals surface area contributed by atoms with E-state index in [1.807, 2.05) is 12.1 Å². The van der Waals surface area contributed by atoms with Gasteiger partial charge in [-0.25, -0.2) is 24.5 Å². The predicted octanol–water partition coefficient (Wildman–Crippen LogP) is 3.68. The number of fused-ring (bicyclic) bond motifs is 1. The van der Waals surface area contributed by atoms with Crippen molar-refractivity contribution in [2.45, 2.75) is 0 Å². The first-order valence-electron chi connectivity index (χ1n) is 7.59. The Bertz CT molecular complexity index is 1300. The van der Waals surface area contributed by atoms with E-state index in [-0.39, 0.29) is 21.0 Å². The molecule has 0 amide bonds. The van der Waals surface area contributed by atoms with E-state index in [4.69, 9.17) is 10.2 Å². The lowest BCUT2D eigenvalue weighted by Gasteiger charge is -1.98. The third kappa shape index (κ3) is 3.11. The van der Waals surface area contributed by atoms with Crippen LogP contribution in [-0.2, 0) is 0 Å². The lowest BCUT2D eigenvalue weighted by Crippen LogP contribution is -1.90. The van der Waals surface area contributed by atoms with E-state index in [1.54, 1.807) is 0 Å². The number of carbonyl (C=O) groups is 2. The van der Waals surface area contributed by atoms with Crippen molar-refractivity contribution in [2.24, 2.45) is 0 Å². The lowest BCUT2D eigenvalue weighted by atomic mass is 10.1. The summed E-state index contributed by atoms with van der Waals surface area (Å²) in [5.74, 6) is -2.22. The monoisotopic (exact) mass is 439 g/mol. The molecule has 0 saturated heterocycles. The average molecular weight is 439 g/mol. The van der Waals surface area contributed by atoms with Crippen molar-refractivity contribution < 1.29 is 19.8 Å². The highest BCUT2D eigenvalue weighted by Gasteiger charge is 2.23. The Morgan fingerprint density at radius 1 is 0.897 bits per heavy atom. The van der Waals surface area contributed by atoms with Crippen LogP contribution in [0.15, 0.2) is 18.5 Å². The number of aromatic carboxylic acids is 2.